The molecule has 7 heteroatoms. The molecule has 0 radical (unpaired) electrons. The molecule has 26 heavy (non-hydrogen) atoms. The van der Waals surface area contributed by atoms with Crippen LogP contribution in [0.2, 0.25) is 0 Å². The maximum absolute atomic E-state index is 11.9. The monoisotopic (exact) mass is 367 g/mol. The van der Waals surface area contributed by atoms with E-state index in [0.717, 1.165) is 23.5 Å². The summed E-state index contributed by atoms with van der Waals surface area (Å²) in [5.41, 5.74) is 3.07. The molecule has 1 aromatic carbocycles. The van der Waals surface area contributed by atoms with Gasteiger partial charge in [0.2, 0.25) is 5.91 Å². The van der Waals surface area contributed by atoms with Gasteiger partial charge >= 0.3 is 0 Å². The molecular weight excluding hydrogens is 346 g/mol. The molecule has 0 aliphatic rings. The number of nitrogens with zero attached hydrogens (tertiary/aromatic N) is 4. The minimum Gasteiger partial charge on any atom is -0.355 e. The molecule has 0 saturated carbocycles. The van der Waals surface area contributed by atoms with Crippen molar-refractivity contribution in [3.8, 4) is 17.1 Å². The number of carbonyl (C=O) groups is 1. The first-order valence-electron chi connectivity index (χ1n) is 8.51. The summed E-state index contributed by atoms with van der Waals surface area (Å²) in [7, 11) is 0. The van der Waals surface area contributed by atoms with Crippen LogP contribution in [0.1, 0.15) is 18.9 Å². The molecule has 3 aromatic rings. The number of amides is 1. The van der Waals surface area contributed by atoms with Crippen molar-refractivity contribution in [2.45, 2.75) is 25.4 Å². The van der Waals surface area contributed by atoms with Crippen molar-refractivity contribution in [1.29, 1.82) is 0 Å². The highest BCUT2D eigenvalue weighted by atomic mass is 32.2. The summed E-state index contributed by atoms with van der Waals surface area (Å²) < 4.78 is 1.98. The van der Waals surface area contributed by atoms with Crippen LogP contribution >= 0.6 is 11.8 Å². The van der Waals surface area contributed by atoms with E-state index in [0.29, 0.717) is 17.5 Å². The van der Waals surface area contributed by atoms with E-state index in [1.165, 1.54) is 17.3 Å². The summed E-state index contributed by atoms with van der Waals surface area (Å²) in [5, 5.41) is 12.2. The third kappa shape index (κ3) is 4.29. The van der Waals surface area contributed by atoms with Crippen LogP contribution < -0.4 is 5.32 Å². The van der Waals surface area contributed by atoms with Gasteiger partial charge in [-0.05, 0) is 37.6 Å². The fourth-order valence-corrected chi connectivity index (χ4v) is 3.21. The molecule has 1 amide bonds. The number of carbonyl (C=O) groups excluding carboxylic acids is 1. The van der Waals surface area contributed by atoms with E-state index in [4.69, 9.17) is 0 Å². The van der Waals surface area contributed by atoms with E-state index in [2.05, 4.69) is 20.5 Å². The number of rotatable bonds is 7. The normalized spacial score (nSPS) is 10.7. The first-order chi connectivity index (χ1) is 12.7. The molecule has 2 heterocycles. The minimum atomic E-state index is 0.000710. The van der Waals surface area contributed by atoms with Gasteiger partial charge in [-0.3, -0.25) is 14.3 Å². The van der Waals surface area contributed by atoms with Gasteiger partial charge in [-0.25, -0.2) is 0 Å². The fraction of sp³-hybridized carbons (Fsp3) is 0.263. The highest BCUT2D eigenvalue weighted by Gasteiger charge is 2.17. The van der Waals surface area contributed by atoms with E-state index in [1.807, 2.05) is 54.8 Å². The molecule has 0 aliphatic heterocycles. The van der Waals surface area contributed by atoms with E-state index in [-0.39, 0.29) is 5.91 Å². The van der Waals surface area contributed by atoms with Gasteiger partial charge in [0.25, 0.3) is 0 Å². The summed E-state index contributed by atoms with van der Waals surface area (Å²) in [6.45, 7) is 4.77. The lowest BCUT2D eigenvalue weighted by Crippen LogP contribution is -2.25. The van der Waals surface area contributed by atoms with Gasteiger partial charge in [0.05, 0.1) is 5.75 Å². The molecule has 6 nitrogen and oxygen atoms in total. The van der Waals surface area contributed by atoms with Crippen molar-refractivity contribution >= 4 is 17.7 Å². The Morgan fingerprint density at radius 1 is 1.12 bits per heavy atom. The average Bonchev–Trinajstić information content (AvgIpc) is 3.10. The predicted octanol–water partition coefficient (Wildman–Crippen LogP) is 3.26. The lowest BCUT2D eigenvalue weighted by Gasteiger charge is -2.10. The molecule has 0 saturated heterocycles. The number of hydrogen-bond acceptors (Lipinski definition) is 5. The van der Waals surface area contributed by atoms with Gasteiger partial charge in [0.1, 0.15) is 0 Å². The number of benzene rings is 1. The van der Waals surface area contributed by atoms with Crippen LogP contribution in [-0.2, 0) is 4.79 Å². The van der Waals surface area contributed by atoms with Gasteiger partial charge in [0.15, 0.2) is 11.0 Å². The molecule has 3 rings (SSSR count). The van der Waals surface area contributed by atoms with Crippen molar-refractivity contribution in [3.63, 3.8) is 0 Å². The Balaban J connectivity index is 1.93. The Hall–Kier alpha value is -2.67. The Morgan fingerprint density at radius 2 is 1.85 bits per heavy atom. The van der Waals surface area contributed by atoms with Crippen molar-refractivity contribution < 1.29 is 4.79 Å². The average molecular weight is 367 g/mol. The smallest absolute Gasteiger partial charge is 0.230 e. The number of nitrogens with one attached hydrogen (secondary N) is 1. The van der Waals surface area contributed by atoms with Crippen molar-refractivity contribution in [2.24, 2.45) is 0 Å². The molecule has 0 fully saturated rings. The SMILES string of the molecule is CCCNC(=O)CSc1nnc(-c2ccncc2)n1-c1ccc(C)cc1. The number of aryl methyl sites for hydroxylation is 1. The largest absolute Gasteiger partial charge is 0.355 e. The van der Waals surface area contributed by atoms with E-state index in [1.54, 1.807) is 12.4 Å². The predicted molar refractivity (Wildman–Crippen MR) is 103 cm³/mol. The standard InChI is InChI=1S/C19H21N5OS/c1-3-10-21-17(25)13-26-19-23-22-18(15-8-11-20-12-9-15)24(19)16-6-4-14(2)5-7-16/h4-9,11-12H,3,10,13H2,1-2H3,(H,21,25). The van der Waals surface area contributed by atoms with Crippen LogP contribution in [0.5, 0.6) is 0 Å². The molecule has 0 atom stereocenters. The van der Waals surface area contributed by atoms with Crippen LogP contribution in [0.4, 0.5) is 0 Å². The van der Waals surface area contributed by atoms with E-state index >= 15 is 0 Å². The maximum atomic E-state index is 11.9. The van der Waals surface area contributed by atoms with Crippen LogP contribution in [-0.4, -0.2) is 38.0 Å². The summed E-state index contributed by atoms with van der Waals surface area (Å²) >= 11 is 1.38. The lowest BCUT2D eigenvalue weighted by molar-refractivity contribution is -0.118. The van der Waals surface area contributed by atoms with E-state index in [9.17, 15) is 4.79 Å². The van der Waals surface area contributed by atoms with E-state index < -0.39 is 0 Å². The zero-order valence-electron chi connectivity index (χ0n) is 14.8. The van der Waals surface area contributed by atoms with Crippen LogP contribution in [0.15, 0.2) is 53.9 Å². The number of thioether (sulfide) groups is 1. The fourth-order valence-electron chi connectivity index (χ4n) is 2.42. The molecule has 0 unspecified atom stereocenters. The highest BCUT2D eigenvalue weighted by molar-refractivity contribution is 7.99. The lowest BCUT2D eigenvalue weighted by atomic mass is 10.2. The molecule has 134 valence electrons. The second-order valence-corrected chi connectivity index (χ2v) is 6.79. The molecule has 0 aliphatic carbocycles. The Morgan fingerprint density at radius 3 is 2.54 bits per heavy atom. The van der Waals surface area contributed by atoms with Crippen molar-refractivity contribution in [2.75, 3.05) is 12.3 Å². The Labute approximate surface area is 157 Å². The molecular formula is C19H21N5OS. The number of aromatic nitrogens is 4. The summed E-state index contributed by atoms with van der Waals surface area (Å²) in [5.74, 6) is 1.04. The minimum absolute atomic E-state index is 0.000710. The highest BCUT2D eigenvalue weighted by Crippen LogP contribution is 2.27. The summed E-state index contributed by atoms with van der Waals surface area (Å²) in [4.78, 5) is 16.0. The third-order valence-corrected chi connectivity index (χ3v) is 4.70. The number of pyridine rings is 1. The number of hydrogen-bond donors (Lipinski definition) is 1. The Bertz CT molecular complexity index is 861. The first-order valence-corrected chi connectivity index (χ1v) is 9.50. The van der Waals surface area contributed by atoms with Crippen molar-refractivity contribution in [3.05, 3.63) is 54.4 Å². The topological polar surface area (TPSA) is 72.7 Å². The molecule has 2 aromatic heterocycles. The Kier molecular flexibility index (Phi) is 6.01. The van der Waals surface area contributed by atoms with Crippen LogP contribution in [0, 0.1) is 6.92 Å². The van der Waals surface area contributed by atoms with Crippen molar-refractivity contribution in [1.82, 2.24) is 25.1 Å². The molecule has 1 N–H and O–H groups in total. The second-order valence-electron chi connectivity index (χ2n) is 5.85. The van der Waals surface area contributed by atoms with Crippen LogP contribution in [0.3, 0.4) is 0 Å². The van der Waals surface area contributed by atoms with Gasteiger partial charge in [-0.1, -0.05) is 36.4 Å². The summed E-state index contributed by atoms with van der Waals surface area (Å²) in [6.07, 6.45) is 4.38. The van der Waals surface area contributed by atoms with Gasteiger partial charge in [-0.2, -0.15) is 0 Å². The zero-order valence-corrected chi connectivity index (χ0v) is 15.7. The quantitative estimate of drug-likeness (QED) is 0.649. The third-order valence-electron chi connectivity index (χ3n) is 3.77. The zero-order chi connectivity index (χ0) is 18.4. The van der Waals surface area contributed by atoms with Crippen LogP contribution in [0.25, 0.3) is 17.1 Å². The summed E-state index contributed by atoms with van der Waals surface area (Å²) in [6, 6.07) is 12.0. The van der Waals surface area contributed by atoms with Gasteiger partial charge in [-0.15, -0.1) is 10.2 Å². The maximum Gasteiger partial charge on any atom is 0.230 e. The molecule has 0 bridgehead atoms. The first kappa shape index (κ1) is 18.1. The molecule has 0 spiro atoms. The second kappa shape index (κ2) is 8.62. The van der Waals surface area contributed by atoms with Gasteiger partial charge in [0, 0.05) is 30.2 Å². The van der Waals surface area contributed by atoms with Gasteiger partial charge < -0.3 is 5.32 Å².